The molecule has 0 unspecified atom stereocenters. The third-order valence-electron chi connectivity index (χ3n) is 3.92. The molecule has 0 fully saturated rings. The zero-order valence-electron chi connectivity index (χ0n) is 12.9. The molecule has 4 heterocycles. The second-order valence-corrected chi connectivity index (χ2v) is 5.49. The van der Waals surface area contributed by atoms with Crippen LogP contribution in [-0.2, 0) is 0 Å². The van der Waals surface area contributed by atoms with E-state index in [1.165, 1.54) is 6.20 Å². The molecule has 4 aromatic heterocycles. The molecule has 0 radical (unpaired) electrons. The molecule has 0 atom stereocenters. The van der Waals surface area contributed by atoms with Crippen molar-refractivity contribution in [3.05, 3.63) is 54.7 Å². The van der Waals surface area contributed by atoms with Crippen molar-refractivity contribution in [3.63, 3.8) is 0 Å². The van der Waals surface area contributed by atoms with Gasteiger partial charge in [-0.15, -0.1) is 0 Å². The van der Waals surface area contributed by atoms with E-state index >= 15 is 0 Å². The second kappa shape index (κ2) is 5.97. The number of halogens is 2. The van der Waals surface area contributed by atoms with Crippen LogP contribution in [0.1, 0.15) is 10.5 Å². The molecule has 6 nitrogen and oxygen atoms in total. The number of carbonyl (C=O) groups excluding carboxylic acids is 1. The fourth-order valence-electron chi connectivity index (χ4n) is 2.76. The lowest BCUT2D eigenvalue weighted by atomic mass is 10.1. The summed E-state index contributed by atoms with van der Waals surface area (Å²) in [7, 11) is 0. The number of imidazole rings is 1. The number of alkyl halides is 2. The van der Waals surface area contributed by atoms with Crippen molar-refractivity contribution in [2.75, 3.05) is 6.54 Å². The first-order valence-corrected chi connectivity index (χ1v) is 7.59. The molecular formula is C17H13F2N5O. The number of nitrogens with zero attached hydrogens (tertiary/aromatic N) is 3. The average Bonchev–Trinajstić information content (AvgIpc) is 3.23. The van der Waals surface area contributed by atoms with E-state index in [-0.39, 0.29) is 5.69 Å². The van der Waals surface area contributed by atoms with Gasteiger partial charge in [0.2, 0.25) is 0 Å². The Morgan fingerprint density at radius 1 is 1.28 bits per heavy atom. The highest BCUT2D eigenvalue weighted by molar-refractivity contribution is 5.95. The van der Waals surface area contributed by atoms with Crippen LogP contribution in [0.2, 0.25) is 0 Å². The van der Waals surface area contributed by atoms with Gasteiger partial charge in [-0.05, 0) is 24.3 Å². The molecule has 1 amide bonds. The highest BCUT2D eigenvalue weighted by atomic mass is 19.3. The van der Waals surface area contributed by atoms with Gasteiger partial charge in [0, 0.05) is 35.1 Å². The number of aromatic amines is 1. The number of hydrogen-bond donors (Lipinski definition) is 2. The third kappa shape index (κ3) is 2.71. The highest BCUT2D eigenvalue weighted by Gasteiger charge is 2.15. The number of aromatic nitrogens is 4. The maximum absolute atomic E-state index is 12.3. The van der Waals surface area contributed by atoms with E-state index in [0.717, 1.165) is 22.2 Å². The fraction of sp³-hybridized carbons (Fsp3) is 0.118. The van der Waals surface area contributed by atoms with Gasteiger partial charge in [-0.25, -0.2) is 18.7 Å². The van der Waals surface area contributed by atoms with Crippen molar-refractivity contribution in [2.24, 2.45) is 0 Å². The summed E-state index contributed by atoms with van der Waals surface area (Å²) in [6, 6.07) is 7.45. The Labute approximate surface area is 140 Å². The first-order chi connectivity index (χ1) is 12.1. The summed E-state index contributed by atoms with van der Waals surface area (Å²) in [5, 5.41) is 3.14. The fourth-order valence-corrected chi connectivity index (χ4v) is 2.76. The van der Waals surface area contributed by atoms with Crippen molar-refractivity contribution in [2.45, 2.75) is 6.43 Å². The summed E-state index contributed by atoms with van der Waals surface area (Å²) in [6.07, 6.45) is 4.07. The third-order valence-corrected chi connectivity index (χ3v) is 3.92. The maximum Gasteiger partial charge on any atom is 0.270 e. The monoisotopic (exact) mass is 341 g/mol. The minimum absolute atomic E-state index is 0.204. The van der Waals surface area contributed by atoms with E-state index in [1.54, 1.807) is 22.9 Å². The van der Waals surface area contributed by atoms with Crippen LogP contribution in [0.3, 0.4) is 0 Å². The molecule has 0 aromatic carbocycles. The number of H-pyrrole nitrogens is 1. The van der Waals surface area contributed by atoms with Gasteiger partial charge in [0.05, 0.1) is 12.7 Å². The summed E-state index contributed by atoms with van der Waals surface area (Å²) in [4.78, 5) is 23.6. The van der Waals surface area contributed by atoms with Gasteiger partial charge in [-0.1, -0.05) is 0 Å². The van der Waals surface area contributed by atoms with Crippen molar-refractivity contribution in [3.8, 4) is 11.1 Å². The van der Waals surface area contributed by atoms with E-state index in [9.17, 15) is 13.6 Å². The van der Waals surface area contributed by atoms with Crippen LogP contribution in [0.15, 0.2) is 49.1 Å². The number of amides is 1. The number of carbonyl (C=O) groups is 1. The van der Waals surface area contributed by atoms with Gasteiger partial charge in [0.15, 0.2) is 0 Å². The highest BCUT2D eigenvalue weighted by Crippen LogP contribution is 2.27. The minimum Gasteiger partial charge on any atom is -0.346 e. The van der Waals surface area contributed by atoms with Crippen molar-refractivity contribution >= 4 is 22.6 Å². The molecule has 0 bridgehead atoms. The SMILES string of the molecule is O=C(NCC(F)F)c1cnc2ccc(-c3c[nH]c4ncccc34)cn12. The van der Waals surface area contributed by atoms with Gasteiger partial charge in [0.1, 0.15) is 17.0 Å². The van der Waals surface area contributed by atoms with Crippen LogP contribution in [-0.4, -0.2) is 38.2 Å². The van der Waals surface area contributed by atoms with Gasteiger partial charge in [-0.2, -0.15) is 0 Å². The molecule has 0 aliphatic carbocycles. The van der Waals surface area contributed by atoms with Crippen molar-refractivity contribution in [1.29, 1.82) is 0 Å². The summed E-state index contributed by atoms with van der Waals surface area (Å²) in [5.41, 5.74) is 3.31. The van der Waals surface area contributed by atoms with Gasteiger partial charge in [0.25, 0.3) is 12.3 Å². The molecule has 126 valence electrons. The number of rotatable bonds is 4. The molecule has 0 aliphatic rings. The predicted octanol–water partition coefficient (Wildman–Crippen LogP) is 2.87. The maximum atomic E-state index is 12.3. The molecule has 4 rings (SSSR count). The minimum atomic E-state index is -2.60. The number of pyridine rings is 2. The van der Waals surface area contributed by atoms with E-state index in [0.29, 0.717) is 5.65 Å². The molecular weight excluding hydrogens is 328 g/mol. The van der Waals surface area contributed by atoms with Crippen LogP contribution in [0.4, 0.5) is 8.78 Å². The molecule has 8 heteroatoms. The van der Waals surface area contributed by atoms with Crippen LogP contribution in [0.25, 0.3) is 27.8 Å². The molecule has 0 spiro atoms. The van der Waals surface area contributed by atoms with Crippen LogP contribution in [0, 0.1) is 0 Å². The Balaban J connectivity index is 1.77. The first kappa shape index (κ1) is 15.3. The lowest BCUT2D eigenvalue weighted by Gasteiger charge is -2.06. The summed E-state index contributed by atoms with van der Waals surface area (Å²) >= 11 is 0. The smallest absolute Gasteiger partial charge is 0.270 e. The molecule has 25 heavy (non-hydrogen) atoms. The standard InChI is InChI=1S/C17H13F2N5O/c18-14(19)8-23-17(25)13-7-21-15-4-3-10(9-24(13)15)12-6-22-16-11(12)2-1-5-20-16/h1-7,9,14H,8H2,(H,20,22)(H,23,25). The summed E-state index contributed by atoms with van der Waals surface area (Å²) < 4.78 is 26.2. The topological polar surface area (TPSA) is 75.1 Å². The zero-order chi connectivity index (χ0) is 17.4. The van der Waals surface area contributed by atoms with E-state index in [4.69, 9.17) is 0 Å². The average molecular weight is 341 g/mol. The summed E-state index contributed by atoms with van der Waals surface area (Å²) in [6.45, 7) is -0.695. The first-order valence-electron chi connectivity index (χ1n) is 7.59. The Kier molecular flexibility index (Phi) is 3.64. The van der Waals surface area contributed by atoms with E-state index < -0.39 is 18.9 Å². The van der Waals surface area contributed by atoms with Gasteiger partial charge < -0.3 is 10.3 Å². The van der Waals surface area contributed by atoms with Crippen LogP contribution in [0.5, 0.6) is 0 Å². The summed E-state index contributed by atoms with van der Waals surface area (Å²) in [5.74, 6) is -0.592. The molecule has 2 N–H and O–H groups in total. The number of fused-ring (bicyclic) bond motifs is 2. The molecule has 0 aliphatic heterocycles. The molecule has 0 saturated carbocycles. The van der Waals surface area contributed by atoms with E-state index in [1.807, 2.05) is 24.4 Å². The van der Waals surface area contributed by atoms with Gasteiger partial charge in [-0.3, -0.25) is 9.20 Å². The van der Waals surface area contributed by atoms with Crippen LogP contribution < -0.4 is 5.32 Å². The largest absolute Gasteiger partial charge is 0.346 e. The van der Waals surface area contributed by atoms with Gasteiger partial charge >= 0.3 is 0 Å². The number of nitrogens with one attached hydrogen (secondary N) is 2. The molecule has 0 saturated heterocycles. The Morgan fingerprint density at radius 3 is 3.00 bits per heavy atom. The second-order valence-electron chi connectivity index (χ2n) is 5.49. The van der Waals surface area contributed by atoms with Crippen molar-refractivity contribution < 1.29 is 13.6 Å². The lowest BCUT2D eigenvalue weighted by molar-refractivity contribution is 0.0886. The number of hydrogen-bond acceptors (Lipinski definition) is 3. The van der Waals surface area contributed by atoms with Crippen LogP contribution >= 0.6 is 0 Å². The normalized spacial score (nSPS) is 11.5. The Bertz CT molecular complexity index is 1070. The van der Waals surface area contributed by atoms with Crippen molar-refractivity contribution in [1.82, 2.24) is 24.7 Å². The Hall–Kier alpha value is -3.29. The predicted molar refractivity (Wildman–Crippen MR) is 88.6 cm³/mol. The Morgan fingerprint density at radius 2 is 2.16 bits per heavy atom. The zero-order valence-corrected chi connectivity index (χ0v) is 12.9. The lowest BCUT2D eigenvalue weighted by Crippen LogP contribution is -2.29. The molecule has 4 aromatic rings. The quantitative estimate of drug-likeness (QED) is 0.599. The van der Waals surface area contributed by atoms with E-state index in [2.05, 4.69) is 20.3 Å².